The second kappa shape index (κ2) is 7.72. The molecule has 0 aromatic heterocycles. The maximum absolute atomic E-state index is 5.79. The maximum Gasteiger partial charge on any atom is 0.119 e. The van der Waals surface area contributed by atoms with Crippen LogP contribution in [0.25, 0.3) is 0 Å². The van der Waals surface area contributed by atoms with Gasteiger partial charge in [0.05, 0.1) is 6.61 Å². The zero-order valence-corrected chi connectivity index (χ0v) is 14.1. The summed E-state index contributed by atoms with van der Waals surface area (Å²) >= 11 is 3.43. The van der Waals surface area contributed by atoms with Crippen molar-refractivity contribution in [3.63, 3.8) is 0 Å². The molecule has 0 saturated carbocycles. The Labute approximate surface area is 130 Å². The average Bonchev–Trinajstić information content (AvgIpc) is 2.45. The first-order valence-electron chi connectivity index (χ1n) is 7.40. The van der Waals surface area contributed by atoms with Gasteiger partial charge < -0.3 is 9.64 Å². The first-order valence-corrected chi connectivity index (χ1v) is 8.53. The molecule has 1 aromatic rings. The largest absolute Gasteiger partial charge is 0.494 e. The number of allylic oxidation sites excluding steroid dienone is 1. The summed E-state index contributed by atoms with van der Waals surface area (Å²) in [6, 6.07) is 6.54. The van der Waals surface area contributed by atoms with Gasteiger partial charge in [-0.2, -0.15) is 0 Å². The zero-order valence-electron chi connectivity index (χ0n) is 12.5. The number of benzene rings is 1. The normalized spacial score (nSPS) is 13.8. The molecule has 0 fully saturated rings. The highest BCUT2D eigenvalue weighted by molar-refractivity contribution is 9.09. The Balaban J connectivity index is 2.07. The van der Waals surface area contributed by atoms with E-state index >= 15 is 0 Å². The number of rotatable bonds is 6. The molecule has 3 heteroatoms. The van der Waals surface area contributed by atoms with Crippen molar-refractivity contribution in [1.82, 2.24) is 0 Å². The summed E-state index contributed by atoms with van der Waals surface area (Å²) in [5, 5.41) is 0.994. The monoisotopic (exact) mass is 337 g/mol. The second-order valence-electron chi connectivity index (χ2n) is 5.51. The van der Waals surface area contributed by atoms with Gasteiger partial charge in [0.1, 0.15) is 5.75 Å². The molecule has 0 radical (unpaired) electrons. The molecule has 110 valence electrons. The lowest BCUT2D eigenvalue weighted by atomic mass is 10.0. The van der Waals surface area contributed by atoms with Gasteiger partial charge in [0.2, 0.25) is 0 Å². The first kappa shape index (κ1) is 15.4. The van der Waals surface area contributed by atoms with Crippen LogP contribution in [0.5, 0.6) is 5.75 Å². The van der Waals surface area contributed by atoms with Crippen LogP contribution in [0, 0.1) is 0 Å². The van der Waals surface area contributed by atoms with Crippen molar-refractivity contribution in [2.75, 3.05) is 29.9 Å². The predicted octanol–water partition coefficient (Wildman–Crippen LogP) is 4.57. The second-order valence-corrected chi connectivity index (χ2v) is 6.31. The number of hydrogen-bond acceptors (Lipinski definition) is 2. The summed E-state index contributed by atoms with van der Waals surface area (Å²) in [6.45, 7) is 7.27. The Bertz CT molecular complexity index is 466. The molecule has 0 aliphatic carbocycles. The van der Waals surface area contributed by atoms with E-state index in [0.29, 0.717) is 0 Å². The number of alkyl halides is 1. The van der Waals surface area contributed by atoms with Gasteiger partial charge in [-0.15, -0.1) is 0 Å². The highest BCUT2D eigenvalue weighted by Gasteiger charge is 2.16. The number of ether oxygens (including phenoxy) is 1. The lowest BCUT2D eigenvalue weighted by Gasteiger charge is -2.31. The Hall–Kier alpha value is -0.960. The van der Waals surface area contributed by atoms with Crippen LogP contribution in [0.4, 0.5) is 5.69 Å². The summed E-state index contributed by atoms with van der Waals surface area (Å²) in [5.74, 6) is 1.01. The maximum atomic E-state index is 5.79. The molecular weight excluding hydrogens is 314 g/mol. The van der Waals surface area contributed by atoms with E-state index in [1.165, 1.54) is 23.2 Å². The number of hydrogen-bond donors (Lipinski definition) is 0. The summed E-state index contributed by atoms with van der Waals surface area (Å²) in [7, 11) is 0. The van der Waals surface area contributed by atoms with Gasteiger partial charge in [-0.1, -0.05) is 27.6 Å². The third kappa shape index (κ3) is 4.27. The first-order chi connectivity index (χ1) is 9.70. The van der Waals surface area contributed by atoms with Crippen molar-refractivity contribution in [2.24, 2.45) is 0 Å². The Kier molecular flexibility index (Phi) is 5.96. The molecule has 20 heavy (non-hydrogen) atoms. The van der Waals surface area contributed by atoms with Crippen LogP contribution in [-0.2, 0) is 6.42 Å². The van der Waals surface area contributed by atoms with Crippen LogP contribution in [0.1, 0.15) is 32.3 Å². The van der Waals surface area contributed by atoms with Crippen LogP contribution < -0.4 is 9.64 Å². The minimum atomic E-state index is 0.783. The quantitative estimate of drug-likeness (QED) is 0.428. The minimum absolute atomic E-state index is 0.783. The van der Waals surface area contributed by atoms with Crippen molar-refractivity contribution in [3.05, 3.63) is 35.4 Å². The van der Waals surface area contributed by atoms with Crippen LogP contribution in [0.3, 0.4) is 0 Å². The molecule has 1 heterocycles. The van der Waals surface area contributed by atoms with E-state index < -0.39 is 0 Å². The fourth-order valence-corrected chi connectivity index (χ4v) is 2.70. The third-order valence-electron chi connectivity index (χ3n) is 3.53. The average molecular weight is 338 g/mol. The SMILES string of the molecule is CC(C)=CCN1CCCc2cc(OCCCBr)ccc21. The third-order valence-corrected chi connectivity index (χ3v) is 4.09. The Morgan fingerprint density at radius 1 is 1.40 bits per heavy atom. The highest BCUT2D eigenvalue weighted by atomic mass is 79.9. The number of halogens is 1. The topological polar surface area (TPSA) is 12.5 Å². The number of aryl methyl sites for hydroxylation is 1. The minimum Gasteiger partial charge on any atom is -0.494 e. The van der Waals surface area contributed by atoms with Gasteiger partial charge in [-0.25, -0.2) is 0 Å². The van der Waals surface area contributed by atoms with Crippen LogP contribution in [0.15, 0.2) is 29.8 Å². The molecule has 0 atom stereocenters. The van der Waals surface area contributed by atoms with Gasteiger partial charge in [-0.05, 0) is 56.9 Å². The van der Waals surface area contributed by atoms with Crippen LogP contribution in [0.2, 0.25) is 0 Å². The molecule has 0 bridgehead atoms. The Morgan fingerprint density at radius 2 is 2.25 bits per heavy atom. The lowest BCUT2D eigenvalue weighted by Crippen LogP contribution is -2.29. The van der Waals surface area contributed by atoms with Crippen molar-refractivity contribution in [2.45, 2.75) is 33.1 Å². The number of nitrogens with zero attached hydrogens (tertiary/aromatic N) is 1. The zero-order chi connectivity index (χ0) is 14.4. The molecule has 0 unspecified atom stereocenters. The van der Waals surface area contributed by atoms with E-state index in [1.54, 1.807) is 0 Å². The van der Waals surface area contributed by atoms with E-state index in [0.717, 1.165) is 43.6 Å². The highest BCUT2D eigenvalue weighted by Crippen LogP contribution is 2.30. The van der Waals surface area contributed by atoms with Gasteiger partial charge in [0, 0.05) is 24.1 Å². The van der Waals surface area contributed by atoms with Crippen molar-refractivity contribution >= 4 is 21.6 Å². The molecule has 0 N–H and O–H groups in total. The fourth-order valence-electron chi connectivity index (χ4n) is 2.47. The standard InChI is InChI=1S/C17H24BrNO/c1-14(2)8-11-19-10-3-5-15-13-16(6-7-17(15)19)20-12-4-9-18/h6-8,13H,3-5,9-12H2,1-2H3. The molecule has 0 spiro atoms. The summed E-state index contributed by atoms with van der Waals surface area (Å²) in [5.41, 5.74) is 4.18. The molecule has 2 nitrogen and oxygen atoms in total. The van der Waals surface area contributed by atoms with Crippen molar-refractivity contribution < 1.29 is 4.74 Å². The van der Waals surface area contributed by atoms with Crippen LogP contribution in [-0.4, -0.2) is 25.0 Å². The van der Waals surface area contributed by atoms with Gasteiger partial charge in [0.25, 0.3) is 0 Å². The number of fused-ring (bicyclic) bond motifs is 1. The van der Waals surface area contributed by atoms with Crippen LogP contribution >= 0.6 is 15.9 Å². The summed E-state index contributed by atoms with van der Waals surface area (Å²) in [4.78, 5) is 2.47. The smallest absolute Gasteiger partial charge is 0.119 e. The van der Waals surface area contributed by atoms with Gasteiger partial charge in [0.15, 0.2) is 0 Å². The fraction of sp³-hybridized carbons (Fsp3) is 0.529. The van der Waals surface area contributed by atoms with Crippen molar-refractivity contribution in [1.29, 1.82) is 0 Å². The molecule has 1 aliphatic rings. The van der Waals surface area contributed by atoms with Gasteiger partial charge in [-0.3, -0.25) is 0 Å². The molecule has 1 aromatic carbocycles. The predicted molar refractivity (Wildman–Crippen MR) is 90.3 cm³/mol. The van der Waals surface area contributed by atoms with E-state index in [-0.39, 0.29) is 0 Å². The molecular formula is C17H24BrNO. The summed E-state index contributed by atoms with van der Waals surface area (Å²) < 4.78 is 5.79. The molecule has 0 saturated heterocycles. The van der Waals surface area contributed by atoms with E-state index in [1.807, 2.05) is 0 Å². The number of anilines is 1. The van der Waals surface area contributed by atoms with E-state index in [9.17, 15) is 0 Å². The van der Waals surface area contributed by atoms with E-state index in [4.69, 9.17) is 4.74 Å². The Morgan fingerprint density at radius 3 is 3.00 bits per heavy atom. The molecule has 1 aliphatic heterocycles. The van der Waals surface area contributed by atoms with E-state index in [2.05, 4.69) is 59.0 Å². The summed E-state index contributed by atoms with van der Waals surface area (Å²) in [6.07, 6.45) is 5.74. The van der Waals surface area contributed by atoms with Crippen molar-refractivity contribution in [3.8, 4) is 5.75 Å². The van der Waals surface area contributed by atoms with Gasteiger partial charge >= 0.3 is 0 Å². The molecule has 2 rings (SSSR count). The molecule has 0 amide bonds. The lowest BCUT2D eigenvalue weighted by molar-refractivity contribution is 0.318.